The summed E-state index contributed by atoms with van der Waals surface area (Å²) in [5, 5.41) is 12.2. The van der Waals surface area contributed by atoms with Crippen LogP contribution >= 0.6 is 0 Å². The van der Waals surface area contributed by atoms with Gasteiger partial charge in [-0.2, -0.15) is 5.10 Å². The van der Waals surface area contributed by atoms with Gasteiger partial charge in [0.2, 0.25) is 5.91 Å². The van der Waals surface area contributed by atoms with E-state index >= 15 is 0 Å². The minimum atomic E-state index is -0.235. The second-order valence-corrected chi connectivity index (χ2v) is 6.58. The Bertz CT molecular complexity index is 762. The Labute approximate surface area is 141 Å². The Kier molecular flexibility index (Phi) is 4.38. The van der Waals surface area contributed by atoms with Gasteiger partial charge in [0.05, 0.1) is 0 Å². The van der Waals surface area contributed by atoms with E-state index in [2.05, 4.69) is 46.8 Å². The van der Waals surface area contributed by atoms with E-state index in [1.165, 1.54) is 5.56 Å². The number of hydrogen-bond donors (Lipinski definition) is 3. The number of H-pyrrole nitrogens is 1. The molecule has 3 N–H and O–H groups in total. The molecule has 0 saturated carbocycles. The first kappa shape index (κ1) is 16.2. The minimum absolute atomic E-state index is 0.0892. The van der Waals surface area contributed by atoms with Crippen LogP contribution in [0.3, 0.4) is 0 Å². The number of aromatic amines is 1. The largest absolute Gasteiger partial charge is 0.354 e. The first-order valence-electron chi connectivity index (χ1n) is 8.18. The lowest BCUT2D eigenvalue weighted by Gasteiger charge is -2.23. The van der Waals surface area contributed by atoms with E-state index in [-0.39, 0.29) is 17.7 Å². The summed E-state index contributed by atoms with van der Waals surface area (Å²) >= 11 is 0. The summed E-state index contributed by atoms with van der Waals surface area (Å²) in [6, 6.07) is 8.29. The SMILES string of the molecule is CNC(=O)c1[nH]nc2c1[C@H](c1ccc(CC(C)C)cc1)CC(=O)N2. The number of anilines is 1. The molecule has 6 nitrogen and oxygen atoms in total. The molecule has 0 bridgehead atoms. The van der Waals surface area contributed by atoms with Gasteiger partial charge in [-0.25, -0.2) is 0 Å². The zero-order chi connectivity index (χ0) is 17.3. The number of nitrogens with one attached hydrogen (secondary N) is 3. The van der Waals surface area contributed by atoms with Crippen LogP contribution in [-0.2, 0) is 11.2 Å². The number of amides is 2. The minimum Gasteiger partial charge on any atom is -0.354 e. The van der Waals surface area contributed by atoms with Crippen molar-refractivity contribution >= 4 is 17.6 Å². The maximum atomic E-state index is 12.1. The molecule has 0 radical (unpaired) electrons. The molecule has 1 atom stereocenters. The van der Waals surface area contributed by atoms with Gasteiger partial charge in [-0.3, -0.25) is 14.7 Å². The lowest BCUT2D eigenvalue weighted by Crippen LogP contribution is -2.26. The van der Waals surface area contributed by atoms with Crippen LogP contribution in [0.25, 0.3) is 0 Å². The number of benzene rings is 1. The maximum absolute atomic E-state index is 12.1. The van der Waals surface area contributed by atoms with Crippen molar-refractivity contribution < 1.29 is 9.59 Å². The van der Waals surface area contributed by atoms with E-state index in [1.54, 1.807) is 7.05 Å². The standard InChI is InChI=1S/C18H22N4O2/c1-10(2)8-11-4-6-12(7-5-11)13-9-14(23)20-17-15(13)16(21-22-17)18(24)19-3/h4-7,10,13H,8-9H2,1-3H3,(H,19,24)(H2,20,21,22,23)/t13-/m0/s1. The van der Waals surface area contributed by atoms with Gasteiger partial charge in [0, 0.05) is 24.9 Å². The van der Waals surface area contributed by atoms with Crippen molar-refractivity contribution in [2.45, 2.75) is 32.6 Å². The summed E-state index contributed by atoms with van der Waals surface area (Å²) in [4.78, 5) is 24.1. The van der Waals surface area contributed by atoms with Crippen molar-refractivity contribution in [2.75, 3.05) is 12.4 Å². The van der Waals surface area contributed by atoms with Crippen LogP contribution in [-0.4, -0.2) is 29.1 Å². The van der Waals surface area contributed by atoms with E-state index in [1.807, 2.05) is 12.1 Å². The molecule has 2 amide bonds. The van der Waals surface area contributed by atoms with E-state index in [4.69, 9.17) is 0 Å². The van der Waals surface area contributed by atoms with Crippen molar-refractivity contribution in [3.63, 3.8) is 0 Å². The molecule has 3 rings (SSSR count). The van der Waals surface area contributed by atoms with Crippen LogP contribution in [0.5, 0.6) is 0 Å². The molecule has 2 aromatic rings. The number of aromatic nitrogens is 2. The number of carbonyl (C=O) groups is 2. The van der Waals surface area contributed by atoms with Crippen LogP contribution in [0.2, 0.25) is 0 Å². The second-order valence-electron chi connectivity index (χ2n) is 6.58. The first-order valence-corrected chi connectivity index (χ1v) is 8.18. The second kappa shape index (κ2) is 6.47. The number of rotatable bonds is 4. The van der Waals surface area contributed by atoms with Crippen molar-refractivity contribution in [1.82, 2.24) is 15.5 Å². The summed E-state index contributed by atoms with van der Waals surface area (Å²) in [7, 11) is 1.58. The number of nitrogens with zero attached hydrogens (tertiary/aromatic N) is 1. The summed E-state index contributed by atoms with van der Waals surface area (Å²) in [5.41, 5.74) is 3.45. The predicted octanol–water partition coefficient (Wildman–Crippen LogP) is 2.44. The summed E-state index contributed by atoms with van der Waals surface area (Å²) < 4.78 is 0. The molecule has 6 heteroatoms. The molecule has 1 aromatic heterocycles. The number of carbonyl (C=O) groups excluding carboxylic acids is 2. The fourth-order valence-electron chi connectivity index (χ4n) is 3.20. The van der Waals surface area contributed by atoms with Crippen molar-refractivity contribution in [3.05, 3.63) is 46.6 Å². The highest BCUT2D eigenvalue weighted by atomic mass is 16.2. The molecule has 0 fully saturated rings. The molecule has 1 aliphatic heterocycles. The van der Waals surface area contributed by atoms with Crippen LogP contribution in [0, 0.1) is 5.92 Å². The third-order valence-corrected chi connectivity index (χ3v) is 4.28. The number of hydrogen-bond acceptors (Lipinski definition) is 3. The molecule has 1 aromatic carbocycles. The topological polar surface area (TPSA) is 86.9 Å². The summed E-state index contributed by atoms with van der Waals surface area (Å²) in [6.07, 6.45) is 1.33. The molecule has 0 unspecified atom stereocenters. The molecule has 0 saturated heterocycles. The Morgan fingerprint density at radius 1 is 1.33 bits per heavy atom. The highest BCUT2D eigenvalue weighted by Crippen LogP contribution is 2.38. The van der Waals surface area contributed by atoms with Crippen LogP contribution in [0.15, 0.2) is 24.3 Å². The first-order chi connectivity index (χ1) is 11.5. The van der Waals surface area contributed by atoms with Crippen molar-refractivity contribution in [3.8, 4) is 0 Å². The van der Waals surface area contributed by atoms with E-state index < -0.39 is 0 Å². The number of fused-ring (bicyclic) bond motifs is 1. The highest BCUT2D eigenvalue weighted by Gasteiger charge is 2.33. The van der Waals surface area contributed by atoms with Gasteiger partial charge in [-0.05, 0) is 23.5 Å². The third kappa shape index (κ3) is 3.04. The molecule has 1 aliphatic rings. The van der Waals surface area contributed by atoms with E-state index in [0.717, 1.165) is 17.5 Å². The van der Waals surface area contributed by atoms with Crippen LogP contribution in [0.4, 0.5) is 5.82 Å². The quantitative estimate of drug-likeness (QED) is 0.806. The summed E-state index contributed by atoms with van der Waals surface area (Å²) in [5.74, 6) is 0.542. The van der Waals surface area contributed by atoms with Gasteiger partial charge in [0.15, 0.2) is 5.82 Å². The highest BCUT2D eigenvalue weighted by molar-refractivity contribution is 6.00. The van der Waals surface area contributed by atoms with Crippen molar-refractivity contribution in [1.29, 1.82) is 0 Å². The zero-order valence-corrected chi connectivity index (χ0v) is 14.1. The third-order valence-electron chi connectivity index (χ3n) is 4.28. The Hall–Kier alpha value is -2.63. The fraction of sp³-hybridized carbons (Fsp3) is 0.389. The summed E-state index contributed by atoms with van der Waals surface area (Å²) in [6.45, 7) is 4.37. The van der Waals surface area contributed by atoms with Gasteiger partial charge in [0.25, 0.3) is 5.91 Å². The molecule has 2 heterocycles. The predicted molar refractivity (Wildman–Crippen MR) is 92.1 cm³/mol. The normalized spacial score (nSPS) is 16.7. The lowest BCUT2D eigenvalue weighted by atomic mass is 9.85. The van der Waals surface area contributed by atoms with Crippen LogP contribution < -0.4 is 10.6 Å². The Morgan fingerprint density at radius 3 is 2.67 bits per heavy atom. The van der Waals surface area contributed by atoms with Gasteiger partial charge in [0.1, 0.15) is 5.69 Å². The average Bonchev–Trinajstić information content (AvgIpc) is 2.97. The van der Waals surface area contributed by atoms with Gasteiger partial charge < -0.3 is 10.6 Å². The molecular weight excluding hydrogens is 304 g/mol. The van der Waals surface area contributed by atoms with Crippen LogP contribution in [0.1, 0.15) is 53.4 Å². The smallest absolute Gasteiger partial charge is 0.269 e. The Balaban J connectivity index is 1.98. The average molecular weight is 326 g/mol. The monoisotopic (exact) mass is 326 g/mol. The van der Waals surface area contributed by atoms with Gasteiger partial charge in [-0.15, -0.1) is 0 Å². The Morgan fingerprint density at radius 2 is 2.04 bits per heavy atom. The van der Waals surface area contributed by atoms with Gasteiger partial charge in [-0.1, -0.05) is 38.1 Å². The van der Waals surface area contributed by atoms with Gasteiger partial charge >= 0.3 is 0 Å². The fourth-order valence-corrected chi connectivity index (χ4v) is 3.20. The lowest BCUT2D eigenvalue weighted by molar-refractivity contribution is -0.116. The molecule has 0 spiro atoms. The van der Waals surface area contributed by atoms with Crippen molar-refractivity contribution in [2.24, 2.45) is 5.92 Å². The maximum Gasteiger partial charge on any atom is 0.269 e. The molecule has 0 aliphatic carbocycles. The molecule has 126 valence electrons. The zero-order valence-electron chi connectivity index (χ0n) is 14.1. The molecule has 24 heavy (non-hydrogen) atoms. The molecular formula is C18H22N4O2. The van der Waals surface area contributed by atoms with E-state index in [9.17, 15) is 9.59 Å². The van der Waals surface area contributed by atoms with E-state index in [0.29, 0.717) is 23.9 Å².